The number of rotatable bonds is 9. The molecule has 0 aliphatic carbocycles. The van der Waals surface area contributed by atoms with Gasteiger partial charge in [-0.2, -0.15) is 17.6 Å². The van der Waals surface area contributed by atoms with Crippen LogP contribution in [0.5, 0.6) is 0 Å². The van der Waals surface area contributed by atoms with E-state index in [0.29, 0.717) is 22.5 Å². The van der Waals surface area contributed by atoms with Crippen LogP contribution < -0.4 is 10.6 Å². The number of alkyl halides is 4. The van der Waals surface area contributed by atoms with Gasteiger partial charge in [0.15, 0.2) is 10.3 Å². The van der Waals surface area contributed by atoms with Gasteiger partial charge in [0.1, 0.15) is 0 Å². The van der Waals surface area contributed by atoms with Crippen LogP contribution in [0.25, 0.3) is 44.8 Å². The summed E-state index contributed by atoms with van der Waals surface area (Å²) < 4.78 is 59.0. The van der Waals surface area contributed by atoms with Crippen molar-refractivity contribution in [2.45, 2.75) is 11.8 Å². The molecule has 0 saturated carbocycles. The highest BCUT2D eigenvalue weighted by Gasteiger charge is 2.67. The lowest BCUT2D eigenvalue weighted by Crippen LogP contribution is -2.56. The first-order valence-corrected chi connectivity index (χ1v) is 15.5. The van der Waals surface area contributed by atoms with Crippen LogP contribution in [0.2, 0.25) is 0 Å². The Hall–Kier alpha value is -5.20. The normalized spacial score (nSPS) is 11.7. The molecule has 0 radical (unpaired) electrons. The monoisotopic (exact) mass is 658 g/mol. The molecule has 12 heteroatoms. The van der Waals surface area contributed by atoms with Crippen LogP contribution in [0, 0.1) is 0 Å². The second kappa shape index (κ2) is 12.7. The lowest BCUT2D eigenvalue weighted by Gasteiger charge is -2.23. The quantitative estimate of drug-likeness (QED) is 0.152. The summed E-state index contributed by atoms with van der Waals surface area (Å²) in [6.07, 6.45) is 0. The van der Waals surface area contributed by atoms with Gasteiger partial charge in [0.25, 0.3) is 0 Å². The van der Waals surface area contributed by atoms with Gasteiger partial charge in [0.05, 0.1) is 11.4 Å². The maximum Gasteiger partial charge on any atom is 0.396 e. The number of benzene rings is 4. The largest absolute Gasteiger partial charge is 0.396 e. The molecule has 0 unspecified atom stereocenters. The lowest BCUT2D eigenvalue weighted by atomic mass is 10.0. The molecule has 0 aliphatic rings. The van der Waals surface area contributed by atoms with Crippen LogP contribution in [-0.4, -0.2) is 33.6 Å². The highest BCUT2D eigenvalue weighted by Crippen LogP contribution is 2.38. The molecule has 0 spiro atoms. The van der Waals surface area contributed by atoms with Crippen LogP contribution in [0.3, 0.4) is 0 Å². The number of anilines is 2. The van der Waals surface area contributed by atoms with Crippen molar-refractivity contribution in [3.63, 3.8) is 0 Å². The Labute approximate surface area is 268 Å². The number of thiazole rings is 2. The summed E-state index contributed by atoms with van der Waals surface area (Å²) in [5.74, 6) is -15.5. The van der Waals surface area contributed by atoms with E-state index in [0.717, 1.165) is 44.9 Å². The molecule has 6 aromatic rings. The van der Waals surface area contributed by atoms with Crippen molar-refractivity contribution < 1.29 is 27.2 Å². The summed E-state index contributed by atoms with van der Waals surface area (Å²) in [7, 11) is 0. The zero-order valence-electron chi connectivity index (χ0n) is 23.6. The number of aromatic nitrogens is 2. The topological polar surface area (TPSA) is 84.0 Å². The van der Waals surface area contributed by atoms with Crippen molar-refractivity contribution in [3.05, 3.63) is 120 Å². The number of hydrogen-bond donors (Lipinski definition) is 2. The van der Waals surface area contributed by atoms with Crippen LogP contribution in [-0.2, 0) is 9.59 Å². The zero-order valence-corrected chi connectivity index (χ0v) is 25.2. The summed E-state index contributed by atoms with van der Waals surface area (Å²) in [4.78, 5) is 32.8. The molecule has 6 rings (SSSR count). The summed E-state index contributed by atoms with van der Waals surface area (Å²) in [5.41, 5.74) is 5.84. The first-order chi connectivity index (χ1) is 22.1. The van der Waals surface area contributed by atoms with Gasteiger partial charge in [0.2, 0.25) is 0 Å². The van der Waals surface area contributed by atoms with E-state index in [-0.39, 0.29) is 10.3 Å². The van der Waals surface area contributed by atoms with E-state index >= 15 is 0 Å². The Bertz CT molecular complexity index is 1830. The first kappa shape index (κ1) is 30.8. The SMILES string of the molecule is O=C(Nc1nc(-c2ccc(-c3ccccc3)cc2)cs1)C(F)(F)C(F)(F)C(=O)Nc1nc(-c2ccc(-c3ccccc3)cc2)cs1. The number of nitrogens with zero attached hydrogens (tertiary/aromatic N) is 2. The molecule has 46 heavy (non-hydrogen) atoms. The molecule has 6 nitrogen and oxygen atoms in total. The zero-order chi connectivity index (χ0) is 32.3. The van der Waals surface area contributed by atoms with E-state index in [9.17, 15) is 27.2 Å². The molecule has 0 bridgehead atoms. The maximum atomic E-state index is 14.8. The number of carbonyl (C=O) groups is 2. The van der Waals surface area contributed by atoms with Crippen LogP contribution >= 0.6 is 22.7 Å². The average Bonchev–Trinajstić information content (AvgIpc) is 3.75. The highest BCUT2D eigenvalue weighted by molar-refractivity contribution is 7.14. The van der Waals surface area contributed by atoms with Crippen LogP contribution in [0.4, 0.5) is 27.8 Å². The van der Waals surface area contributed by atoms with Crippen LogP contribution in [0.15, 0.2) is 120 Å². The third-order valence-corrected chi connectivity index (χ3v) is 8.50. The molecular weight excluding hydrogens is 637 g/mol. The second-order valence-electron chi connectivity index (χ2n) is 10.0. The first-order valence-electron chi connectivity index (χ1n) is 13.7. The van der Waals surface area contributed by atoms with Gasteiger partial charge in [-0.1, -0.05) is 109 Å². The molecule has 0 fully saturated rings. The molecule has 4 aromatic carbocycles. The fraction of sp³-hybridized carbons (Fsp3) is 0.0588. The van der Waals surface area contributed by atoms with Crippen molar-refractivity contribution in [1.29, 1.82) is 0 Å². The molecule has 2 N–H and O–H groups in total. The van der Waals surface area contributed by atoms with Gasteiger partial charge in [-0.25, -0.2) is 9.97 Å². The van der Waals surface area contributed by atoms with Gasteiger partial charge >= 0.3 is 23.7 Å². The highest BCUT2D eigenvalue weighted by atomic mass is 32.1. The summed E-state index contributed by atoms with van der Waals surface area (Å²) >= 11 is 1.56. The van der Waals surface area contributed by atoms with E-state index < -0.39 is 23.7 Å². The maximum absolute atomic E-state index is 14.8. The van der Waals surface area contributed by atoms with Crippen molar-refractivity contribution in [1.82, 2.24) is 9.97 Å². The molecular formula is C34H22F4N4O2S2. The van der Waals surface area contributed by atoms with Gasteiger partial charge in [-0.15, -0.1) is 22.7 Å². The molecule has 230 valence electrons. The molecule has 2 aromatic heterocycles. The Morgan fingerprint density at radius 2 is 0.783 bits per heavy atom. The predicted molar refractivity (Wildman–Crippen MR) is 173 cm³/mol. The Morgan fingerprint density at radius 1 is 0.478 bits per heavy atom. The van der Waals surface area contributed by atoms with E-state index in [4.69, 9.17) is 0 Å². The fourth-order valence-electron chi connectivity index (χ4n) is 4.49. The molecule has 2 amide bonds. The Morgan fingerprint density at radius 3 is 1.13 bits per heavy atom. The number of amides is 2. The second-order valence-corrected chi connectivity index (χ2v) is 11.7. The van der Waals surface area contributed by atoms with Crippen molar-refractivity contribution in [2.75, 3.05) is 10.6 Å². The van der Waals surface area contributed by atoms with Gasteiger partial charge in [0, 0.05) is 21.9 Å². The van der Waals surface area contributed by atoms with Crippen molar-refractivity contribution in [3.8, 4) is 44.8 Å². The third kappa shape index (κ3) is 6.30. The Kier molecular flexibility index (Phi) is 8.48. The molecule has 0 atom stereocenters. The van der Waals surface area contributed by atoms with Gasteiger partial charge < -0.3 is 0 Å². The average molecular weight is 659 g/mol. The van der Waals surface area contributed by atoms with Crippen molar-refractivity contribution in [2.24, 2.45) is 0 Å². The minimum Gasteiger partial charge on any atom is -0.296 e. The van der Waals surface area contributed by atoms with E-state index in [1.165, 1.54) is 10.8 Å². The Balaban J connectivity index is 1.09. The molecule has 0 saturated heterocycles. The summed E-state index contributed by atoms with van der Waals surface area (Å²) in [6, 6.07) is 33.7. The molecule has 2 heterocycles. The van der Waals surface area contributed by atoms with Crippen LogP contribution in [0.1, 0.15) is 0 Å². The molecule has 0 aliphatic heterocycles. The number of hydrogen-bond acceptors (Lipinski definition) is 6. The van der Waals surface area contributed by atoms with E-state index in [1.54, 1.807) is 34.9 Å². The summed E-state index contributed by atoms with van der Waals surface area (Å²) in [5, 5.41) is 5.77. The minimum absolute atomic E-state index is 0.328. The van der Waals surface area contributed by atoms with E-state index in [1.807, 2.05) is 84.9 Å². The fourth-order valence-corrected chi connectivity index (χ4v) is 5.92. The van der Waals surface area contributed by atoms with E-state index in [2.05, 4.69) is 9.97 Å². The standard InChI is InChI=1S/C34H22F4N4O2S2/c35-33(36,29(43)41-31-39-27(19-45-31)25-15-11-23(12-16-25)21-7-3-1-4-8-21)34(37,38)30(44)42-32-40-28(20-46-32)26-17-13-24(14-18-26)22-9-5-2-6-10-22/h1-20H,(H,39,41,43)(H,40,42,44). The number of halogens is 4. The smallest absolute Gasteiger partial charge is 0.296 e. The van der Waals surface area contributed by atoms with Crippen molar-refractivity contribution >= 4 is 44.8 Å². The predicted octanol–water partition coefficient (Wildman–Crippen LogP) is 9.12. The number of nitrogens with one attached hydrogen (secondary N) is 2. The number of carbonyl (C=O) groups excluding carboxylic acids is 2. The lowest BCUT2D eigenvalue weighted by molar-refractivity contribution is -0.204. The van der Waals surface area contributed by atoms with Gasteiger partial charge in [-0.3, -0.25) is 20.2 Å². The summed E-state index contributed by atoms with van der Waals surface area (Å²) in [6.45, 7) is 0. The minimum atomic E-state index is -5.40. The third-order valence-electron chi connectivity index (χ3n) is 6.99. The van der Waals surface area contributed by atoms with Gasteiger partial charge in [-0.05, 0) is 22.3 Å².